The third kappa shape index (κ3) is 5.59. The first kappa shape index (κ1) is 6.59. The van der Waals surface area contributed by atoms with Gasteiger partial charge < -0.3 is 5.73 Å². The summed E-state index contributed by atoms with van der Waals surface area (Å²) in [4.78, 5) is 10.1. The van der Waals surface area contributed by atoms with Gasteiger partial charge in [-0.1, -0.05) is 0 Å². The number of amides is 1. The zero-order valence-electron chi connectivity index (χ0n) is 4.48. The van der Waals surface area contributed by atoms with E-state index in [0.29, 0.717) is 6.42 Å². The molecule has 0 aliphatic heterocycles. The molecule has 5 N–H and O–H groups in total. The molecule has 0 fully saturated rings. The quantitative estimate of drug-likeness (QED) is 0.446. The predicted molar refractivity (Wildman–Crippen MR) is 26.2 cm³/mol. The van der Waals surface area contributed by atoms with Crippen molar-refractivity contribution >= 4 is 5.91 Å². The van der Waals surface area contributed by atoms with Gasteiger partial charge in [-0.2, -0.15) is 0 Å². The van der Waals surface area contributed by atoms with Crippen LogP contribution in [0.3, 0.4) is 0 Å². The Morgan fingerprint density at radius 1 is 2.00 bits per heavy atom. The molecule has 1 atom stereocenters. The molecule has 1 unspecified atom stereocenters. The van der Waals surface area contributed by atoms with Gasteiger partial charge in [0.15, 0.2) is 0 Å². The molecule has 0 rings (SSSR count). The van der Waals surface area contributed by atoms with Crippen LogP contribution in [0.15, 0.2) is 0 Å². The average molecular weight is 103 g/mol. The monoisotopic (exact) mass is 103 g/mol. The second kappa shape index (κ2) is 2.71. The fraction of sp³-hybridized carbons (Fsp3) is 0.750. The molecule has 0 aliphatic rings. The molecule has 0 aromatic rings. The van der Waals surface area contributed by atoms with Crippen LogP contribution in [0.1, 0.15) is 13.3 Å². The lowest BCUT2D eigenvalue weighted by Gasteiger charge is -1.93. The Labute approximate surface area is 42.7 Å². The summed E-state index contributed by atoms with van der Waals surface area (Å²) in [6, 6.07) is -0.0370. The lowest BCUT2D eigenvalue weighted by molar-refractivity contribution is -0.305. The van der Waals surface area contributed by atoms with E-state index in [9.17, 15) is 4.79 Å². The maximum Gasteiger partial charge on any atom is 0.310 e. The molecule has 0 saturated carbocycles. The number of quaternary nitrogens is 1. The van der Waals surface area contributed by atoms with Crippen LogP contribution in [-0.2, 0) is 4.79 Å². The molecular formula is C4H11N2O+. The lowest BCUT2D eigenvalue weighted by Crippen LogP contribution is -2.58. The van der Waals surface area contributed by atoms with Crippen LogP contribution < -0.4 is 11.5 Å². The van der Waals surface area contributed by atoms with E-state index in [-0.39, 0.29) is 11.9 Å². The van der Waals surface area contributed by atoms with Crippen LogP contribution in [0, 0.1) is 0 Å². The molecule has 3 nitrogen and oxygen atoms in total. The minimum atomic E-state index is -0.0880. The molecule has 0 spiro atoms. The smallest absolute Gasteiger partial charge is 0.310 e. The van der Waals surface area contributed by atoms with Gasteiger partial charge in [0.25, 0.3) is 0 Å². The fourth-order valence-electron chi connectivity index (χ4n) is 0.359. The molecule has 0 aromatic heterocycles. The lowest BCUT2D eigenvalue weighted by atomic mass is 10.2. The van der Waals surface area contributed by atoms with Gasteiger partial charge >= 0.3 is 5.91 Å². The molecule has 42 valence electrons. The van der Waals surface area contributed by atoms with Crippen molar-refractivity contribution in [3.05, 3.63) is 0 Å². The molecule has 3 heteroatoms. The third-order valence-electron chi connectivity index (χ3n) is 0.550. The van der Waals surface area contributed by atoms with Crippen molar-refractivity contribution in [2.24, 2.45) is 5.73 Å². The molecule has 0 radical (unpaired) electrons. The topological polar surface area (TPSA) is 70.7 Å². The Bertz CT molecular complexity index is 70.1. The van der Waals surface area contributed by atoms with Gasteiger partial charge in [-0.3, -0.25) is 5.73 Å². The first-order valence-corrected chi connectivity index (χ1v) is 2.23. The first-order chi connectivity index (χ1) is 3.13. The first-order valence-electron chi connectivity index (χ1n) is 2.23. The van der Waals surface area contributed by atoms with Crippen molar-refractivity contribution < 1.29 is 10.5 Å². The molecular weight excluding hydrogens is 92.1 g/mol. The second-order valence-corrected chi connectivity index (χ2v) is 1.72. The summed E-state index contributed by atoms with van der Waals surface area (Å²) in [5.74, 6) is -0.0880. The number of hydrogen-bond donors (Lipinski definition) is 2. The summed E-state index contributed by atoms with van der Waals surface area (Å²) in [5.41, 5.74) is 8.39. The molecule has 0 aliphatic carbocycles. The largest absolute Gasteiger partial charge is 0.327 e. The van der Waals surface area contributed by atoms with E-state index in [1.54, 1.807) is 6.92 Å². The third-order valence-corrected chi connectivity index (χ3v) is 0.550. The van der Waals surface area contributed by atoms with Crippen molar-refractivity contribution in [3.63, 3.8) is 0 Å². The highest BCUT2D eigenvalue weighted by Gasteiger charge is 2.00. The minimum Gasteiger partial charge on any atom is -0.327 e. The SMILES string of the molecule is CC(N)CC([NH3+])=O. The van der Waals surface area contributed by atoms with Crippen molar-refractivity contribution in [2.75, 3.05) is 0 Å². The average Bonchev–Trinajstić information content (AvgIpc) is 1.27. The van der Waals surface area contributed by atoms with Crippen molar-refractivity contribution in [3.8, 4) is 0 Å². The maximum atomic E-state index is 10.1. The standard InChI is InChI=1S/C4H10N2O/c1-3(5)2-4(6)7/h3H,2,5H2,1H3,(H2,6,7)/p+1. The summed E-state index contributed by atoms with van der Waals surface area (Å²) in [6.07, 6.45) is 0.389. The number of carbonyl (C=O) groups excluding carboxylic acids is 1. The van der Waals surface area contributed by atoms with Crippen LogP contribution in [-0.4, -0.2) is 11.9 Å². The number of nitrogens with two attached hydrogens (primary N) is 1. The number of hydrogen-bond acceptors (Lipinski definition) is 2. The van der Waals surface area contributed by atoms with E-state index >= 15 is 0 Å². The van der Waals surface area contributed by atoms with Gasteiger partial charge in [0, 0.05) is 6.04 Å². The Hall–Kier alpha value is -0.410. The minimum absolute atomic E-state index is 0.0370. The molecule has 0 aromatic carbocycles. The predicted octanol–water partition coefficient (Wildman–Crippen LogP) is -1.51. The van der Waals surface area contributed by atoms with E-state index in [4.69, 9.17) is 5.73 Å². The van der Waals surface area contributed by atoms with Crippen LogP contribution in [0.25, 0.3) is 0 Å². The van der Waals surface area contributed by atoms with Crippen LogP contribution >= 0.6 is 0 Å². The van der Waals surface area contributed by atoms with Gasteiger partial charge in [0.1, 0.15) is 0 Å². The van der Waals surface area contributed by atoms with E-state index in [1.165, 1.54) is 0 Å². The van der Waals surface area contributed by atoms with Gasteiger partial charge in [-0.15, -0.1) is 0 Å². The van der Waals surface area contributed by atoms with E-state index in [2.05, 4.69) is 5.73 Å². The fourth-order valence-corrected chi connectivity index (χ4v) is 0.359. The summed E-state index contributed by atoms with van der Waals surface area (Å²) in [6.45, 7) is 1.78. The Balaban J connectivity index is 3.13. The van der Waals surface area contributed by atoms with Crippen LogP contribution in [0.5, 0.6) is 0 Å². The Morgan fingerprint density at radius 2 is 2.43 bits per heavy atom. The van der Waals surface area contributed by atoms with Gasteiger partial charge in [-0.05, 0) is 6.92 Å². The van der Waals surface area contributed by atoms with E-state index < -0.39 is 0 Å². The highest BCUT2D eigenvalue weighted by Crippen LogP contribution is 1.78. The zero-order valence-corrected chi connectivity index (χ0v) is 4.48. The van der Waals surface area contributed by atoms with Gasteiger partial charge in [0.05, 0.1) is 6.42 Å². The van der Waals surface area contributed by atoms with Crippen molar-refractivity contribution in [1.29, 1.82) is 0 Å². The van der Waals surface area contributed by atoms with Gasteiger partial charge in [-0.25, -0.2) is 4.79 Å². The van der Waals surface area contributed by atoms with Crippen molar-refractivity contribution in [1.82, 2.24) is 0 Å². The molecule has 0 saturated heterocycles. The summed E-state index contributed by atoms with van der Waals surface area (Å²) in [7, 11) is 0. The summed E-state index contributed by atoms with van der Waals surface area (Å²) >= 11 is 0. The highest BCUT2D eigenvalue weighted by molar-refractivity contribution is 5.64. The molecule has 0 bridgehead atoms. The normalized spacial score (nSPS) is 13.6. The van der Waals surface area contributed by atoms with Crippen molar-refractivity contribution in [2.45, 2.75) is 19.4 Å². The Kier molecular flexibility index (Phi) is 2.55. The maximum absolute atomic E-state index is 10.1. The zero-order chi connectivity index (χ0) is 5.86. The van der Waals surface area contributed by atoms with Gasteiger partial charge in [0.2, 0.25) is 0 Å². The number of rotatable bonds is 2. The highest BCUT2D eigenvalue weighted by atomic mass is 16.1. The van der Waals surface area contributed by atoms with Crippen LogP contribution in [0.2, 0.25) is 0 Å². The second-order valence-electron chi connectivity index (χ2n) is 1.72. The van der Waals surface area contributed by atoms with E-state index in [1.807, 2.05) is 0 Å². The van der Waals surface area contributed by atoms with Crippen LogP contribution in [0.4, 0.5) is 0 Å². The molecule has 1 amide bonds. The molecule has 0 heterocycles. The number of carbonyl (C=O) groups is 1. The molecule has 7 heavy (non-hydrogen) atoms. The van der Waals surface area contributed by atoms with E-state index in [0.717, 1.165) is 0 Å². The summed E-state index contributed by atoms with van der Waals surface area (Å²) in [5, 5.41) is 0. The Morgan fingerprint density at radius 3 is 2.43 bits per heavy atom. The summed E-state index contributed by atoms with van der Waals surface area (Å²) < 4.78 is 0.